The molecule has 0 spiro atoms. The van der Waals surface area contributed by atoms with E-state index in [1.807, 2.05) is 35.2 Å². The van der Waals surface area contributed by atoms with Crippen LogP contribution in [0.4, 0.5) is 13.2 Å². The molecule has 0 aliphatic carbocycles. The molecular weight excluding hydrogens is 385 g/mol. The third kappa shape index (κ3) is 7.12. The lowest BCUT2D eigenvalue weighted by atomic mass is 9.99. The highest BCUT2D eigenvalue weighted by Crippen LogP contribution is 2.21. The Hall–Kier alpha value is -2.48. The van der Waals surface area contributed by atoms with Gasteiger partial charge in [0.1, 0.15) is 18.1 Å². The predicted octanol–water partition coefficient (Wildman–Crippen LogP) is 3.96. The summed E-state index contributed by atoms with van der Waals surface area (Å²) in [5.41, 5.74) is 0. The molecule has 0 N–H and O–H groups in total. The highest BCUT2D eigenvalue weighted by molar-refractivity contribution is 5.78. The molecule has 0 radical (unpaired) electrons. The predicted molar refractivity (Wildman–Crippen MR) is 101 cm³/mol. The monoisotopic (exact) mass is 410 g/mol. The molecule has 8 heteroatoms. The molecule has 1 aromatic carbocycles. The van der Waals surface area contributed by atoms with E-state index in [1.54, 1.807) is 12.1 Å². The quantitative estimate of drug-likeness (QED) is 0.661. The molecule has 1 amide bonds. The van der Waals surface area contributed by atoms with Crippen LogP contribution in [0.2, 0.25) is 0 Å². The summed E-state index contributed by atoms with van der Waals surface area (Å²) in [6, 6.07) is 12.6. The summed E-state index contributed by atoms with van der Waals surface area (Å²) >= 11 is 0. The molecule has 29 heavy (non-hydrogen) atoms. The highest BCUT2D eigenvalue weighted by atomic mass is 19.4. The van der Waals surface area contributed by atoms with Gasteiger partial charge in [-0.15, -0.1) is 0 Å². The zero-order chi connectivity index (χ0) is 20.7. The van der Waals surface area contributed by atoms with Crippen LogP contribution in [0.3, 0.4) is 0 Å². The number of furan rings is 1. The minimum absolute atomic E-state index is 0.0430. The molecule has 1 aliphatic rings. The van der Waals surface area contributed by atoms with Gasteiger partial charge in [0, 0.05) is 12.5 Å². The molecule has 1 atom stereocenters. The lowest BCUT2D eigenvalue weighted by molar-refractivity contribution is -0.163. The van der Waals surface area contributed by atoms with Gasteiger partial charge < -0.3 is 14.1 Å². The molecule has 3 rings (SSSR count). The molecule has 1 fully saturated rings. The number of carbonyl (C=O) groups is 1. The molecule has 0 bridgehead atoms. The van der Waals surface area contributed by atoms with Crippen LogP contribution in [0, 0.1) is 5.92 Å². The lowest BCUT2D eigenvalue weighted by Crippen LogP contribution is -2.47. The third-order valence-corrected chi connectivity index (χ3v) is 4.84. The van der Waals surface area contributed by atoms with Gasteiger partial charge in [0.2, 0.25) is 5.91 Å². The number of rotatable bonds is 8. The van der Waals surface area contributed by atoms with Gasteiger partial charge in [0.05, 0.1) is 26.0 Å². The fraction of sp³-hybridized carbons (Fsp3) is 0.476. The summed E-state index contributed by atoms with van der Waals surface area (Å²) in [7, 11) is 0. The van der Waals surface area contributed by atoms with Crippen LogP contribution in [0.5, 0.6) is 5.75 Å². The molecule has 1 aromatic heterocycles. The summed E-state index contributed by atoms with van der Waals surface area (Å²) < 4.78 is 49.7. The Balaban J connectivity index is 1.53. The van der Waals surface area contributed by atoms with Crippen LogP contribution in [-0.2, 0) is 11.3 Å². The van der Waals surface area contributed by atoms with Gasteiger partial charge in [-0.25, -0.2) is 0 Å². The molecule has 2 heterocycles. The number of amides is 1. The van der Waals surface area contributed by atoms with E-state index in [1.165, 1.54) is 6.26 Å². The van der Waals surface area contributed by atoms with Crippen molar-refractivity contribution in [2.75, 3.05) is 32.8 Å². The van der Waals surface area contributed by atoms with Gasteiger partial charge in [-0.05, 0) is 43.7 Å². The van der Waals surface area contributed by atoms with Gasteiger partial charge in [-0.3, -0.25) is 9.69 Å². The first-order chi connectivity index (χ1) is 13.9. The second kappa shape index (κ2) is 9.82. The van der Waals surface area contributed by atoms with Gasteiger partial charge in [-0.1, -0.05) is 18.2 Å². The van der Waals surface area contributed by atoms with Crippen molar-refractivity contribution in [3.8, 4) is 5.75 Å². The Morgan fingerprint density at radius 3 is 2.69 bits per heavy atom. The number of alkyl halides is 3. The van der Waals surface area contributed by atoms with Crippen molar-refractivity contribution in [1.82, 2.24) is 9.80 Å². The summed E-state index contributed by atoms with van der Waals surface area (Å²) in [6.45, 7) is 0.306. The zero-order valence-corrected chi connectivity index (χ0v) is 16.1. The Kier molecular flexibility index (Phi) is 7.19. The van der Waals surface area contributed by atoms with E-state index in [9.17, 15) is 18.0 Å². The molecule has 0 saturated carbocycles. The molecule has 1 saturated heterocycles. The standard InChI is InChI=1S/C21H25F3N2O3/c22-21(23,24)16-26(13-19-9-5-11-28-19)20(27)14-25-10-4-6-17(12-25)15-29-18-7-2-1-3-8-18/h1-3,5,7-9,11,17H,4,6,10,12-16H2. The fourth-order valence-corrected chi connectivity index (χ4v) is 3.49. The van der Waals surface area contributed by atoms with Crippen molar-refractivity contribution >= 4 is 5.91 Å². The van der Waals surface area contributed by atoms with Crippen LogP contribution in [0.15, 0.2) is 53.1 Å². The first kappa shape index (κ1) is 21.2. The highest BCUT2D eigenvalue weighted by Gasteiger charge is 2.34. The number of para-hydroxylation sites is 1. The van der Waals surface area contributed by atoms with Crippen molar-refractivity contribution < 1.29 is 27.1 Å². The van der Waals surface area contributed by atoms with Crippen molar-refractivity contribution in [2.24, 2.45) is 5.92 Å². The first-order valence-electron chi connectivity index (χ1n) is 9.66. The number of hydrogen-bond donors (Lipinski definition) is 0. The average Bonchev–Trinajstić information content (AvgIpc) is 3.19. The third-order valence-electron chi connectivity index (χ3n) is 4.84. The summed E-state index contributed by atoms with van der Waals surface area (Å²) in [6.07, 6.45) is -1.23. The minimum Gasteiger partial charge on any atom is -0.493 e. The molecule has 5 nitrogen and oxygen atoms in total. The number of halogens is 3. The van der Waals surface area contributed by atoms with Gasteiger partial charge in [-0.2, -0.15) is 13.2 Å². The molecule has 1 unspecified atom stereocenters. The first-order valence-corrected chi connectivity index (χ1v) is 9.66. The number of benzene rings is 1. The summed E-state index contributed by atoms with van der Waals surface area (Å²) in [5, 5.41) is 0. The van der Waals surface area contributed by atoms with E-state index < -0.39 is 18.6 Å². The average molecular weight is 410 g/mol. The Bertz CT molecular complexity index is 750. The Labute approximate surface area is 168 Å². The lowest BCUT2D eigenvalue weighted by Gasteiger charge is -2.33. The number of likely N-dealkylation sites (tertiary alicyclic amines) is 1. The summed E-state index contributed by atoms with van der Waals surface area (Å²) in [5.74, 6) is 0.798. The minimum atomic E-state index is -4.46. The number of ether oxygens (including phenoxy) is 1. The van der Waals surface area contributed by atoms with Crippen molar-refractivity contribution in [3.63, 3.8) is 0 Å². The van der Waals surface area contributed by atoms with Crippen molar-refractivity contribution in [2.45, 2.75) is 25.6 Å². The van der Waals surface area contributed by atoms with E-state index in [4.69, 9.17) is 9.15 Å². The van der Waals surface area contributed by atoms with E-state index in [-0.39, 0.29) is 19.0 Å². The number of hydrogen-bond acceptors (Lipinski definition) is 4. The fourth-order valence-electron chi connectivity index (χ4n) is 3.49. The maximum Gasteiger partial charge on any atom is 0.406 e. The van der Waals surface area contributed by atoms with Crippen LogP contribution in [-0.4, -0.2) is 54.7 Å². The maximum absolute atomic E-state index is 12.9. The van der Waals surface area contributed by atoms with Crippen molar-refractivity contribution in [3.05, 3.63) is 54.5 Å². The van der Waals surface area contributed by atoms with Gasteiger partial charge in [0.25, 0.3) is 0 Å². The number of nitrogens with zero attached hydrogens (tertiary/aromatic N) is 2. The van der Waals surface area contributed by atoms with Gasteiger partial charge >= 0.3 is 6.18 Å². The number of carbonyl (C=O) groups excluding carboxylic acids is 1. The topological polar surface area (TPSA) is 45.9 Å². The molecule has 158 valence electrons. The zero-order valence-electron chi connectivity index (χ0n) is 16.1. The largest absolute Gasteiger partial charge is 0.493 e. The summed E-state index contributed by atoms with van der Waals surface area (Å²) in [4.78, 5) is 15.3. The number of piperidine rings is 1. The van der Waals surface area contributed by atoms with Crippen LogP contribution < -0.4 is 4.74 Å². The normalized spacial score (nSPS) is 17.8. The maximum atomic E-state index is 12.9. The second-order valence-corrected chi connectivity index (χ2v) is 7.31. The van der Waals surface area contributed by atoms with E-state index in [0.29, 0.717) is 25.5 Å². The van der Waals surface area contributed by atoms with E-state index in [2.05, 4.69) is 0 Å². The Morgan fingerprint density at radius 2 is 2.00 bits per heavy atom. The van der Waals surface area contributed by atoms with Crippen molar-refractivity contribution in [1.29, 1.82) is 0 Å². The van der Waals surface area contributed by atoms with E-state index in [0.717, 1.165) is 23.5 Å². The second-order valence-electron chi connectivity index (χ2n) is 7.31. The Morgan fingerprint density at radius 1 is 1.21 bits per heavy atom. The van der Waals surface area contributed by atoms with Crippen LogP contribution in [0.25, 0.3) is 0 Å². The smallest absolute Gasteiger partial charge is 0.406 e. The SMILES string of the molecule is O=C(CN1CCCC(COc2ccccc2)C1)N(Cc1ccco1)CC(F)(F)F. The van der Waals surface area contributed by atoms with Crippen LogP contribution in [0.1, 0.15) is 18.6 Å². The molecule has 2 aromatic rings. The van der Waals surface area contributed by atoms with Gasteiger partial charge in [0.15, 0.2) is 0 Å². The molecule has 1 aliphatic heterocycles. The van der Waals surface area contributed by atoms with E-state index >= 15 is 0 Å². The molecular formula is C21H25F3N2O3. The van der Waals surface area contributed by atoms with Crippen LogP contribution >= 0.6 is 0 Å².